The molecule has 0 saturated carbocycles. The summed E-state index contributed by atoms with van der Waals surface area (Å²) < 4.78 is 22.4. The lowest BCUT2D eigenvalue weighted by Gasteiger charge is -2.03. The van der Waals surface area contributed by atoms with Crippen LogP contribution in [0.2, 0.25) is 0 Å². The van der Waals surface area contributed by atoms with Gasteiger partial charge in [0.15, 0.2) is 9.84 Å². The Labute approximate surface area is 95.7 Å². The molecule has 0 spiro atoms. The van der Waals surface area contributed by atoms with Crippen molar-refractivity contribution in [2.75, 3.05) is 6.26 Å². The molecule has 0 aliphatic heterocycles. The van der Waals surface area contributed by atoms with Crippen LogP contribution in [0.5, 0.6) is 0 Å². The highest BCUT2D eigenvalue weighted by molar-refractivity contribution is 7.89. The molecule has 0 amide bonds. The number of carbonyl (C=O) groups is 1. The van der Waals surface area contributed by atoms with Crippen molar-refractivity contribution >= 4 is 22.2 Å². The molecule has 0 aliphatic carbocycles. The van der Waals surface area contributed by atoms with Gasteiger partial charge in [0.1, 0.15) is 6.29 Å². The van der Waals surface area contributed by atoms with Gasteiger partial charge < -0.3 is 4.79 Å². The molecule has 86 valence electrons. The molecule has 3 nitrogen and oxygen atoms in total. The van der Waals surface area contributed by atoms with E-state index in [0.717, 1.165) is 17.4 Å². The molecular formula is C12H14O3S. The van der Waals surface area contributed by atoms with Gasteiger partial charge >= 0.3 is 0 Å². The molecule has 0 aromatic heterocycles. The quantitative estimate of drug-likeness (QED) is 0.735. The Morgan fingerprint density at radius 3 is 2.56 bits per heavy atom. The van der Waals surface area contributed by atoms with Gasteiger partial charge in [0.05, 0.1) is 5.75 Å². The minimum atomic E-state index is -3.03. The van der Waals surface area contributed by atoms with Crippen LogP contribution in [0.4, 0.5) is 0 Å². The summed E-state index contributed by atoms with van der Waals surface area (Å²) in [6.07, 6.45) is 5.84. The molecule has 0 radical (unpaired) electrons. The molecule has 1 aromatic carbocycles. The lowest BCUT2D eigenvalue weighted by Crippen LogP contribution is -2.02. The first kappa shape index (κ1) is 12.6. The second-order valence-electron chi connectivity index (χ2n) is 3.57. The van der Waals surface area contributed by atoms with E-state index in [-0.39, 0.29) is 5.75 Å². The molecule has 0 heterocycles. The first-order chi connectivity index (χ1) is 7.53. The van der Waals surface area contributed by atoms with Gasteiger partial charge in [0.2, 0.25) is 0 Å². The summed E-state index contributed by atoms with van der Waals surface area (Å²) in [6, 6.07) is 7.26. The number of benzene rings is 1. The van der Waals surface area contributed by atoms with Crippen LogP contribution in [0, 0.1) is 0 Å². The van der Waals surface area contributed by atoms with E-state index in [1.165, 1.54) is 6.26 Å². The second-order valence-corrected chi connectivity index (χ2v) is 5.71. The maximum atomic E-state index is 11.2. The van der Waals surface area contributed by atoms with Gasteiger partial charge in [-0.2, -0.15) is 0 Å². The Morgan fingerprint density at radius 2 is 1.94 bits per heavy atom. The number of hydrogen-bond acceptors (Lipinski definition) is 3. The predicted molar refractivity (Wildman–Crippen MR) is 64.7 cm³/mol. The van der Waals surface area contributed by atoms with Crippen LogP contribution in [0.15, 0.2) is 30.3 Å². The average Bonchev–Trinajstić information content (AvgIpc) is 2.19. The van der Waals surface area contributed by atoms with Crippen LogP contribution in [0.1, 0.15) is 17.5 Å². The van der Waals surface area contributed by atoms with Crippen LogP contribution < -0.4 is 0 Å². The molecule has 16 heavy (non-hydrogen) atoms. The number of hydrogen-bond donors (Lipinski definition) is 0. The third-order valence-electron chi connectivity index (χ3n) is 2.00. The van der Waals surface area contributed by atoms with E-state index in [1.807, 2.05) is 12.1 Å². The summed E-state index contributed by atoms with van der Waals surface area (Å²) in [7, 11) is -3.03. The standard InChI is InChI=1S/C12H14O3S/c1-16(14,15)10-12-8-3-2-6-11(12)7-4-5-9-13/h2-4,6-9H,5,10H2,1H3. The minimum Gasteiger partial charge on any atom is -0.303 e. The summed E-state index contributed by atoms with van der Waals surface area (Å²) in [4.78, 5) is 10.2. The van der Waals surface area contributed by atoms with Gasteiger partial charge in [0.25, 0.3) is 0 Å². The molecule has 0 N–H and O–H groups in total. The highest BCUT2D eigenvalue weighted by atomic mass is 32.2. The molecular weight excluding hydrogens is 224 g/mol. The van der Waals surface area contributed by atoms with Crippen molar-refractivity contribution in [2.24, 2.45) is 0 Å². The summed E-state index contributed by atoms with van der Waals surface area (Å²) in [5, 5.41) is 0. The lowest BCUT2D eigenvalue weighted by molar-refractivity contribution is -0.107. The third kappa shape index (κ3) is 4.40. The van der Waals surface area contributed by atoms with Gasteiger partial charge in [-0.15, -0.1) is 0 Å². The summed E-state index contributed by atoms with van der Waals surface area (Å²) in [6.45, 7) is 0. The molecule has 0 unspecified atom stereocenters. The molecule has 1 rings (SSSR count). The van der Waals surface area contributed by atoms with Gasteiger partial charge in [-0.1, -0.05) is 36.4 Å². The molecule has 1 aromatic rings. The van der Waals surface area contributed by atoms with Crippen LogP contribution in [0.3, 0.4) is 0 Å². The van der Waals surface area contributed by atoms with Crippen molar-refractivity contribution in [1.82, 2.24) is 0 Å². The van der Waals surface area contributed by atoms with E-state index in [1.54, 1.807) is 24.3 Å². The van der Waals surface area contributed by atoms with Gasteiger partial charge in [-0.3, -0.25) is 0 Å². The van der Waals surface area contributed by atoms with Crippen LogP contribution in [0.25, 0.3) is 6.08 Å². The SMILES string of the molecule is CS(=O)(=O)Cc1ccccc1C=CCC=O. The lowest BCUT2D eigenvalue weighted by atomic mass is 10.1. The molecule has 0 fully saturated rings. The van der Waals surface area contributed by atoms with E-state index in [9.17, 15) is 13.2 Å². The first-order valence-electron chi connectivity index (χ1n) is 4.89. The Hall–Kier alpha value is -1.42. The molecule has 0 bridgehead atoms. The number of rotatable bonds is 5. The average molecular weight is 238 g/mol. The monoisotopic (exact) mass is 238 g/mol. The molecule has 0 aliphatic rings. The fraction of sp³-hybridized carbons (Fsp3) is 0.250. The predicted octanol–water partition coefficient (Wildman–Crippen LogP) is 1.83. The van der Waals surface area contributed by atoms with Gasteiger partial charge in [-0.25, -0.2) is 8.42 Å². The Morgan fingerprint density at radius 1 is 1.25 bits per heavy atom. The number of allylic oxidation sites excluding steroid dienone is 1. The Balaban J connectivity index is 2.96. The fourth-order valence-corrected chi connectivity index (χ4v) is 2.19. The zero-order valence-electron chi connectivity index (χ0n) is 9.09. The van der Waals surface area contributed by atoms with E-state index in [4.69, 9.17) is 0 Å². The van der Waals surface area contributed by atoms with Gasteiger partial charge in [-0.05, 0) is 11.1 Å². The van der Waals surface area contributed by atoms with E-state index >= 15 is 0 Å². The second kappa shape index (κ2) is 5.61. The van der Waals surface area contributed by atoms with E-state index in [0.29, 0.717) is 6.42 Å². The van der Waals surface area contributed by atoms with E-state index < -0.39 is 9.84 Å². The Bertz CT molecular complexity index is 487. The van der Waals surface area contributed by atoms with Crippen molar-refractivity contribution in [1.29, 1.82) is 0 Å². The topological polar surface area (TPSA) is 51.2 Å². The highest BCUT2D eigenvalue weighted by Crippen LogP contribution is 2.13. The maximum Gasteiger partial charge on any atom is 0.151 e. The summed E-state index contributed by atoms with van der Waals surface area (Å²) in [5.41, 5.74) is 1.60. The van der Waals surface area contributed by atoms with Crippen molar-refractivity contribution < 1.29 is 13.2 Å². The zero-order chi connectivity index (χ0) is 12.0. The minimum absolute atomic E-state index is 0.0224. The highest BCUT2D eigenvalue weighted by Gasteiger charge is 2.06. The normalized spacial score (nSPS) is 11.8. The number of aldehydes is 1. The first-order valence-corrected chi connectivity index (χ1v) is 6.95. The summed E-state index contributed by atoms with van der Waals surface area (Å²) >= 11 is 0. The Kier molecular flexibility index (Phi) is 4.43. The smallest absolute Gasteiger partial charge is 0.151 e. The van der Waals surface area contributed by atoms with E-state index in [2.05, 4.69) is 0 Å². The number of sulfone groups is 1. The largest absolute Gasteiger partial charge is 0.303 e. The third-order valence-corrected chi connectivity index (χ3v) is 2.84. The molecule has 0 saturated heterocycles. The zero-order valence-corrected chi connectivity index (χ0v) is 9.91. The summed E-state index contributed by atoms with van der Waals surface area (Å²) in [5.74, 6) is 0.0224. The van der Waals surface area contributed by atoms with Crippen molar-refractivity contribution in [3.05, 3.63) is 41.5 Å². The fourth-order valence-electron chi connectivity index (χ4n) is 1.36. The van der Waals surface area contributed by atoms with Crippen molar-refractivity contribution in [3.63, 3.8) is 0 Å². The van der Waals surface area contributed by atoms with Crippen molar-refractivity contribution in [3.8, 4) is 0 Å². The maximum absolute atomic E-state index is 11.2. The van der Waals surface area contributed by atoms with Crippen LogP contribution >= 0.6 is 0 Å². The van der Waals surface area contributed by atoms with Crippen LogP contribution in [-0.4, -0.2) is 21.0 Å². The molecule has 0 atom stereocenters. The number of carbonyl (C=O) groups excluding carboxylic acids is 1. The van der Waals surface area contributed by atoms with Crippen molar-refractivity contribution in [2.45, 2.75) is 12.2 Å². The van der Waals surface area contributed by atoms with Crippen LogP contribution in [-0.2, 0) is 20.4 Å². The van der Waals surface area contributed by atoms with Gasteiger partial charge in [0, 0.05) is 12.7 Å². The molecule has 4 heteroatoms.